The van der Waals surface area contributed by atoms with E-state index in [1.165, 1.54) is 25.8 Å². The Labute approximate surface area is 69.2 Å². The highest BCUT2D eigenvalue weighted by Gasteiger charge is 2.20. The zero-order chi connectivity index (χ0) is 7.40. The zero-order valence-electron chi connectivity index (χ0n) is 6.71. The van der Waals surface area contributed by atoms with Crippen LogP contribution in [0.5, 0.6) is 0 Å². The third-order valence-corrected chi connectivity index (χ3v) is 2.30. The first-order valence-electron chi connectivity index (χ1n) is 4.12. The van der Waals surface area contributed by atoms with Crippen molar-refractivity contribution in [2.24, 2.45) is 5.92 Å². The molecule has 0 atom stereocenters. The van der Waals surface area contributed by atoms with Gasteiger partial charge in [0.15, 0.2) is 0 Å². The van der Waals surface area contributed by atoms with Crippen molar-refractivity contribution in [3.8, 4) is 0 Å². The summed E-state index contributed by atoms with van der Waals surface area (Å²) in [5.74, 6) is 2.06. The molecule has 0 unspecified atom stereocenters. The summed E-state index contributed by atoms with van der Waals surface area (Å²) in [6.07, 6.45) is 4.37. The summed E-state index contributed by atoms with van der Waals surface area (Å²) in [6, 6.07) is 0. The molecule has 10 heavy (non-hydrogen) atoms. The van der Waals surface area contributed by atoms with Crippen LogP contribution in [0, 0.1) is 5.92 Å². The molecule has 0 saturated heterocycles. The minimum atomic E-state index is 0.987. The second-order valence-corrected chi connectivity index (χ2v) is 3.71. The molecule has 0 amide bonds. The summed E-state index contributed by atoms with van der Waals surface area (Å²) < 4.78 is 0. The fourth-order valence-electron chi connectivity index (χ4n) is 1.09. The Bertz CT molecular complexity index is 91.3. The second-order valence-electron chi connectivity index (χ2n) is 3.26. The molecule has 0 aliphatic heterocycles. The average molecular weight is 159 g/mol. The lowest BCUT2D eigenvalue weighted by Gasteiger charge is -2.13. The number of nitrogens with zero attached hydrogens (tertiary/aromatic N) is 1. The monoisotopic (exact) mass is 159 g/mol. The standard InChI is InChI=1S/C8H17NS/c1-9(6-7-10)5-4-8-2-3-8/h8,10H,2-7H2,1H3. The minimum Gasteiger partial charge on any atom is -0.306 e. The predicted molar refractivity (Wildman–Crippen MR) is 48.7 cm³/mol. The van der Waals surface area contributed by atoms with Crippen LogP contribution in [0.3, 0.4) is 0 Å². The SMILES string of the molecule is CN(CCS)CCC1CC1. The van der Waals surface area contributed by atoms with Crippen molar-refractivity contribution in [3.05, 3.63) is 0 Å². The predicted octanol–water partition coefficient (Wildman–Crippen LogP) is 1.65. The Morgan fingerprint density at radius 1 is 1.40 bits per heavy atom. The molecule has 0 aromatic carbocycles. The van der Waals surface area contributed by atoms with Crippen molar-refractivity contribution >= 4 is 12.6 Å². The van der Waals surface area contributed by atoms with Crippen LogP contribution in [0.4, 0.5) is 0 Å². The van der Waals surface area contributed by atoms with E-state index in [0.29, 0.717) is 0 Å². The highest BCUT2D eigenvalue weighted by atomic mass is 32.1. The van der Waals surface area contributed by atoms with E-state index in [2.05, 4.69) is 24.6 Å². The van der Waals surface area contributed by atoms with Crippen LogP contribution in [-0.2, 0) is 0 Å². The van der Waals surface area contributed by atoms with E-state index in [0.717, 1.165) is 18.2 Å². The van der Waals surface area contributed by atoms with Gasteiger partial charge in [-0.15, -0.1) is 0 Å². The maximum absolute atomic E-state index is 4.18. The van der Waals surface area contributed by atoms with Gasteiger partial charge >= 0.3 is 0 Å². The molecule has 1 saturated carbocycles. The van der Waals surface area contributed by atoms with Crippen molar-refractivity contribution in [2.45, 2.75) is 19.3 Å². The molecule has 0 spiro atoms. The van der Waals surface area contributed by atoms with Gasteiger partial charge in [-0.1, -0.05) is 12.8 Å². The molecule has 1 fully saturated rings. The molecule has 1 rings (SSSR count). The van der Waals surface area contributed by atoms with Gasteiger partial charge in [0.2, 0.25) is 0 Å². The number of rotatable bonds is 5. The van der Waals surface area contributed by atoms with Crippen molar-refractivity contribution in [1.29, 1.82) is 0 Å². The Hall–Kier alpha value is 0.310. The Morgan fingerprint density at radius 3 is 2.60 bits per heavy atom. The minimum absolute atomic E-state index is 0.987. The van der Waals surface area contributed by atoms with Crippen LogP contribution in [0.2, 0.25) is 0 Å². The summed E-state index contributed by atoms with van der Waals surface area (Å²) in [6.45, 7) is 2.40. The largest absolute Gasteiger partial charge is 0.306 e. The van der Waals surface area contributed by atoms with Crippen molar-refractivity contribution in [1.82, 2.24) is 4.90 Å². The van der Waals surface area contributed by atoms with E-state index >= 15 is 0 Å². The summed E-state index contributed by atoms with van der Waals surface area (Å²) >= 11 is 4.18. The first kappa shape index (κ1) is 8.41. The molecule has 0 heterocycles. The third-order valence-electron chi connectivity index (χ3n) is 2.10. The van der Waals surface area contributed by atoms with Crippen molar-refractivity contribution in [2.75, 3.05) is 25.9 Å². The lowest BCUT2D eigenvalue weighted by molar-refractivity contribution is 0.342. The molecule has 0 radical (unpaired) electrons. The fourth-order valence-corrected chi connectivity index (χ4v) is 1.43. The molecular weight excluding hydrogens is 142 g/mol. The van der Waals surface area contributed by atoms with Crippen LogP contribution in [0.15, 0.2) is 0 Å². The maximum Gasteiger partial charge on any atom is 0.00668 e. The van der Waals surface area contributed by atoms with Gasteiger partial charge in [-0.2, -0.15) is 12.6 Å². The van der Waals surface area contributed by atoms with E-state index < -0.39 is 0 Å². The summed E-state index contributed by atoms with van der Waals surface area (Å²) in [5.41, 5.74) is 0. The Kier molecular flexibility index (Phi) is 3.57. The van der Waals surface area contributed by atoms with Crippen LogP contribution in [0.1, 0.15) is 19.3 Å². The summed E-state index contributed by atoms with van der Waals surface area (Å²) in [7, 11) is 2.18. The number of thiol groups is 1. The summed E-state index contributed by atoms with van der Waals surface area (Å²) in [5, 5.41) is 0. The quantitative estimate of drug-likeness (QED) is 0.597. The average Bonchev–Trinajstić information content (AvgIpc) is 2.67. The Morgan fingerprint density at radius 2 is 2.10 bits per heavy atom. The first-order chi connectivity index (χ1) is 4.83. The van der Waals surface area contributed by atoms with Gasteiger partial charge in [-0.05, 0) is 25.9 Å². The van der Waals surface area contributed by atoms with E-state index in [1.807, 2.05) is 0 Å². The maximum atomic E-state index is 4.18. The molecule has 1 aliphatic carbocycles. The van der Waals surface area contributed by atoms with Crippen LogP contribution >= 0.6 is 12.6 Å². The summed E-state index contributed by atoms with van der Waals surface area (Å²) in [4.78, 5) is 2.37. The molecule has 1 aliphatic rings. The van der Waals surface area contributed by atoms with Gasteiger partial charge in [0.05, 0.1) is 0 Å². The van der Waals surface area contributed by atoms with E-state index in [1.54, 1.807) is 0 Å². The van der Waals surface area contributed by atoms with Gasteiger partial charge in [-0.3, -0.25) is 0 Å². The number of hydrogen-bond acceptors (Lipinski definition) is 2. The fraction of sp³-hybridized carbons (Fsp3) is 1.00. The normalized spacial score (nSPS) is 18.3. The lowest BCUT2D eigenvalue weighted by Crippen LogP contribution is -2.22. The molecule has 0 aromatic heterocycles. The van der Waals surface area contributed by atoms with Crippen molar-refractivity contribution < 1.29 is 0 Å². The second kappa shape index (κ2) is 4.24. The van der Waals surface area contributed by atoms with Gasteiger partial charge in [0.1, 0.15) is 0 Å². The number of hydrogen-bond donors (Lipinski definition) is 1. The highest BCUT2D eigenvalue weighted by Crippen LogP contribution is 2.32. The molecule has 0 N–H and O–H groups in total. The zero-order valence-corrected chi connectivity index (χ0v) is 7.61. The highest BCUT2D eigenvalue weighted by molar-refractivity contribution is 7.80. The smallest absolute Gasteiger partial charge is 0.00668 e. The molecule has 60 valence electrons. The molecule has 1 nitrogen and oxygen atoms in total. The third kappa shape index (κ3) is 3.47. The lowest BCUT2D eigenvalue weighted by atomic mass is 10.3. The molecule has 2 heteroatoms. The molecule has 0 bridgehead atoms. The van der Waals surface area contributed by atoms with E-state index in [-0.39, 0.29) is 0 Å². The van der Waals surface area contributed by atoms with Crippen LogP contribution < -0.4 is 0 Å². The van der Waals surface area contributed by atoms with Gasteiger partial charge in [-0.25, -0.2) is 0 Å². The Balaban J connectivity index is 1.89. The van der Waals surface area contributed by atoms with Crippen LogP contribution in [-0.4, -0.2) is 30.8 Å². The molecular formula is C8H17NS. The molecule has 0 aromatic rings. The van der Waals surface area contributed by atoms with E-state index in [4.69, 9.17) is 0 Å². The van der Waals surface area contributed by atoms with Gasteiger partial charge in [0.25, 0.3) is 0 Å². The van der Waals surface area contributed by atoms with Gasteiger partial charge < -0.3 is 4.90 Å². The van der Waals surface area contributed by atoms with Crippen LogP contribution in [0.25, 0.3) is 0 Å². The van der Waals surface area contributed by atoms with Crippen molar-refractivity contribution in [3.63, 3.8) is 0 Å². The topological polar surface area (TPSA) is 3.24 Å². The van der Waals surface area contributed by atoms with Gasteiger partial charge in [0, 0.05) is 12.3 Å². The first-order valence-corrected chi connectivity index (χ1v) is 4.75. The van der Waals surface area contributed by atoms with E-state index in [9.17, 15) is 0 Å².